The molecule has 96 valence electrons. The fourth-order valence-electron chi connectivity index (χ4n) is 2.33. The fourth-order valence-corrected chi connectivity index (χ4v) is 2.33. The minimum atomic E-state index is 0. The van der Waals surface area contributed by atoms with Gasteiger partial charge in [-0.1, -0.05) is 13.8 Å². The molecule has 1 rings (SSSR count). The van der Waals surface area contributed by atoms with Crippen LogP contribution in [-0.2, 0) is 4.79 Å². The Balaban J connectivity index is 0.00000225. The molecule has 0 radical (unpaired) electrons. The van der Waals surface area contributed by atoms with E-state index in [1.807, 2.05) is 4.90 Å². The minimum Gasteiger partial charge on any atom is -0.342 e. The van der Waals surface area contributed by atoms with Crippen LogP contribution in [0.2, 0.25) is 0 Å². The van der Waals surface area contributed by atoms with Gasteiger partial charge in [0.1, 0.15) is 0 Å². The van der Waals surface area contributed by atoms with E-state index in [9.17, 15) is 4.79 Å². The van der Waals surface area contributed by atoms with Crippen molar-refractivity contribution in [3.8, 4) is 0 Å². The molecule has 1 amide bonds. The largest absolute Gasteiger partial charge is 0.342 e. The Labute approximate surface area is 105 Å². The summed E-state index contributed by atoms with van der Waals surface area (Å²) < 4.78 is 0. The molecular formula is C12H25ClN2O. The zero-order valence-electron chi connectivity index (χ0n) is 10.4. The van der Waals surface area contributed by atoms with E-state index < -0.39 is 0 Å². The van der Waals surface area contributed by atoms with E-state index in [4.69, 9.17) is 5.73 Å². The predicted octanol–water partition coefficient (Wildman–Crippen LogP) is 2.04. The van der Waals surface area contributed by atoms with Crippen molar-refractivity contribution in [2.24, 2.45) is 17.6 Å². The van der Waals surface area contributed by atoms with E-state index in [1.165, 1.54) is 12.8 Å². The van der Waals surface area contributed by atoms with E-state index in [0.29, 0.717) is 18.9 Å². The van der Waals surface area contributed by atoms with Gasteiger partial charge in [0.25, 0.3) is 0 Å². The van der Waals surface area contributed by atoms with Crippen LogP contribution in [-0.4, -0.2) is 30.4 Å². The van der Waals surface area contributed by atoms with Crippen molar-refractivity contribution in [1.29, 1.82) is 0 Å². The number of carbonyl (C=O) groups excluding carboxylic acids is 1. The molecule has 3 nitrogen and oxygen atoms in total. The van der Waals surface area contributed by atoms with Crippen LogP contribution in [0, 0.1) is 11.8 Å². The van der Waals surface area contributed by atoms with E-state index in [1.54, 1.807) is 0 Å². The lowest BCUT2D eigenvalue weighted by Gasteiger charge is -2.17. The van der Waals surface area contributed by atoms with Crippen LogP contribution in [0.4, 0.5) is 0 Å². The first-order valence-electron chi connectivity index (χ1n) is 6.11. The van der Waals surface area contributed by atoms with Gasteiger partial charge in [-0.25, -0.2) is 0 Å². The molecule has 16 heavy (non-hydrogen) atoms. The maximum absolute atomic E-state index is 11.7. The highest BCUT2D eigenvalue weighted by Gasteiger charge is 2.25. The van der Waals surface area contributed by atoms with Gasteiger partial charge in [0, 0.05) is 19.5 Å². The van der Waals surface area contributed by atoms with Crippen LogP contribution in [0.15, 0.2) is 0 Å². The number of rotatable bonds is 5. The number of hydrogen-bond donors (Lipinski definition) is 1. The summed E-state index contributed by atoms with van der Waals surface area (Å²) >= 11 is 0. The van der Waals surface area contributed by atoms with Crippen molar-refractivity contribution in [2.75, 3.05) is 19.6 Å². The SMILES string of the molecule is CC(C)CC1CCN(C(=O)CCCN)C1.Cl. The molecule has 0 saturated carbocycles. The lowest BCUT2D eigenvalue weighted by Crippen LogP contribution is -2.29. The molecule has 0 spiro atoms. The van der Waals surface area contributed by atoms with Crippen LogP contribution in [0.1, 0.15) is 39.5 Å². The van der Waals surface area contributed by atoms with Gasteiger partial charge in [-0.15, -0.1) is 12.4 Å². The summed E-state index contributed by atoms with van der Waals surface area (Å²) in [5.41, 5.74) is 5.40. The van der Waals surface area contributed by atoms with Crippen molar-refractivity contribution in [3.63, 3.8) is 0 Å². The molecule has 0 aliphatic carbocycles. The molecule has 0 aromatic carbocycles. The second kappa shape index (κ2) is 7.91. The predicted molar refractivity (Wildman–Crippen MR) is 69.7 cm³/mol. The molecule has 0 aromatic rings. The summed E-state index contributed by atoms with van der Waals surface area (Å²) in [6, 6.07) is 0. The van der Waals surface area contributed by atoms with Crippen LogP contribution in [0.5, 0.6) is 0 Å². The third kappa shape index (κ3) is 5.17. The minimum absolute atomic E-state index is 0. The smallest absolute Gasteiger partial charge is 0.222 e. The number of halogens is 1. The normalized spacial score (nSPS) is 20.0. The monoisotopic (exact) mass is 248 g/mol. The summed E-state index contributed by atoms with van der Waals surface area (Å²) in [5.74, 6) is 1.77. The quantitative estimate of drug-likeness (QED) is 0.810. The highest BCUT2D eigenvalue weighted by Crippen LogP contribution is 2.23. The molecule has 1 atom stereocenters. The fraction of sp³-hybridized carbons (Fsp3) is 0.917. The molecule has 1 fully saturated rings. The van der Waals surface area contributed by atoms with Crippen LogP contribution >= 0.6 is 12.4 Å². The average Bonchev–Trinajstić information content (AvgIpc) is 2.61. The standard InChI is InChI=1S/C12H24N2O.ClH/c1-10(2)8-11-5-7-14(9-11)12(15)4-3-6-13;/h10-11H,3-9,13H2,1-2H3;1H. The van der Waals surface area contributed by atoms with Gasteiger partial charge in [0.05, 0.1) is 0 Å². The number of nitrogens with two attached hydrogens (primary N) is 1. The Morgan fingerprint density at radius 1 is 1.50 bits per heavy atom. The van der Waals surface area contributed by atoms with Gasteiger partial charge in [-0.3, -0.25) is 4.79 Å². The zero-order valence-corrected chi connectivity index (χ0v) is 11.3. The van der Waals surface area contributed by atoms with Crippen LogP contribution in [0.25, 0.3) is 0 Å². The highest BCUT2D eigenvalue weighted by atomic mass is 35.5. The molecule has 1 saturated heterocycles. The van der Waals surface area contributed by atoms with Crippen molar-refractivity contribution in [2.45, 2.75) is 39.5 Å². The van der Waals surface area contributed by atoms with Crippen molar-refractivity contribution in [3.05, 3.63) is 0 Å². The summed E-state index contributed by atoms with van der Waals surface area (Å²) in [7, 11) is 0. The Bertz CT molecular complexity index is 209. The number of nitrogens with zero attached hydrogens (tertiary/aromatic N) is 1. The Hall–Kier alpha value is -0.280. The summed E-state index contributed by atoms with van der Waals surface area (Å²) in [5, 5.41) is 0. The molecule has 1 unspecified atom stereocenters. The molecular weight excluding hydrogens is 224 g/mol. The average molecular weight is 249 g/mol. The van der Waals surface area contributed by atoms with Crippen LogP contribution in [0.3, 0.4) is 0 Å². The zero-order chi connectivity index (χ0) is 11.3. The molecule has 0 bridgehead atoms. The molecule has 1 heterocycles. The van der Waals surface area contributed by atoms with Gasteiger partial charge in [0.15, 0.2) is 0 Å². The summed E-state index contributed by atoms with van der Waals surface area (Å²) in [4.78, 5) is 13.7. The van der Waals surface area contributed by atoms with E-state index in [-0.39, 0.29) is 12.4 Å². The molecule has 4 heteroatoms. The van der Waals surface area contributed by atoms with Crippen LogP contribution < -0.4 is 5.73 Å². The third-order valence-corrected chi connectivity index (χ3v) is 3.04. The first kappa shape index (κ1) is 15.7. The molecule has 1 aliphatic heterocycles. The van der Waals surface area contributed by atoms with Crippen molar-refractivity contribution < 1.29 is 4.79 Å². The number of hydrogen-bond acceptors (Lipinski definition) is 2. The number of carbonyl (C=O) groups is 1. The summed E-state index contributed by atoms with van der Waals surface area (Å²) in [6.07, 6.45) is 3.89. The van der Waals surface area contributed by atoms with E-state index in [2.05, 4.69) is 13.8 Å². The van der Waals surface area contributed by atoms with Gasteiger partial charge in [0.2, 0.25) is 5.91 Å². The maximum atomic E-state index is 11.7. The Morgan fingerprint density at radius 3 is 2.75 bits per heavy atom. The third-order valence-electron chi connectivity index (χ3n) is 3.04. The van der Waals surface area contributed by atoms with Gasteiger partial charge < -0.3 is 10.6 Å². The second-order valence-corrected chi connectivity index (χ2v) is 5.02. The number of amides is 1. The number of likely N-dealkylation sites (tertiary alicyclic amines) is 1. The highest BCUT2D eigenvalue weighted by molar-refractivity contribution is 5.85. The van der Waals surface area contributed by atoms with E-state index in [0.717, 1.165) is 31.3 Å². The second-order valence-electron chi connectivity index (χ2n) is 5.02. The van der Waals surface area contributed by atoms with Gasteiger partial charge >= 0.3 is 0 Å². The van der Waals surface area contributed by atoms with E-state index >= 15 is 0 Å². The lowest BCUT2D eigenvalue weighted by molar-refractivity contribution is -0.130. The summed E-state index contributed by atoms with van der Waals surface area (Å²) in [6.45, 7) is 7.05. The molecule has 1 aliphatic rings. The topological polar surface area (TPSA) is 46.3 Å². The lowest BCUT2D eigenvalue weighted by atomic mass is 9.97. The molecule has 2 N–H and O–H groups in total. The van der Waals surface area contributed by atoms with Gasteiger partial charge in [-0.05, 0) is 37.6 Å². The van der Waals surface area contributed by atoms with Crippen molar-refractivity contribution in [1.82, 2.24) is 4.90 Å². The first-order valence-corrected chi connectivity index (χ1v) is 6.11. The first-order chi connectivity index (χ1) is 7.13. The molecule has 0 aromatic heterocycles. The van der Waals surface area contributed by atoms with Gasteiger partial charge in [-0.2, -0.15) is 0 Å². The van der Waals surface area contributed by atoms with Crippen molar-refractivity contribution >= 4 is 18.3 Å². The Morgan fingerprint density at radius 2 is 2.19 bits per heavy atom. The maximum Gasteiger partial charge on any atom is 0.222 e. The Kier molecular flexibility index (Phi) is 7.77.